The van der Waals surface area contributed by atoms with Gasteiger partial charge in [0, 0.05) is 33.8 Å². The zero-order valence-corrected chi connectivity index (χ0v) is 15.0. The maximum absolute atomic E-state index is 12.8. The molecule has 0 spiro atoms. The van der Waals surface area contributed by atoms with Crippen LogP contribution in [-0.4, -0.2) is 11.7 Å². The third-order valence-corrected chi connectivity index (χ3v) is 4.77. The summed E-state index contributed by atoms with van der Waals surface area (Å²) in [6, 6.07) is 4.90. The van der Waals surface area contributed by atoms with Gasteiger partial charge in [-0.25, -0.2) is 0 Å². The summed E-state index contributed by atoms with van der Waals surface area (Å²) in [5, 5.41) is 1.92. The van der Waals surface area contributed by atoms with Gasteiger partial charge in [0.1, 0.15) is 0 Å². The van der Waals surface area contributed by atoms with Crippen LogP contribution in [0.5, 0.6) is 0 Å². The van der Waals surface area contributed by atoms with Gasteiger partial charge in [0.15, 0.2) is 5.78 Å². The van der Waals surface area contributed by atoms with Crippen LogP contribution in [0.2, 0.25) is 5.02 Å². The Morgan fingerprint density at radius 3 is 2.40 bits per heavy atom. The highest BCUT2D eigenvalue weighted by atomic mass is 35.5. The fourth-order valence-corrected chi connectivity index (χ4v) is 3.48. The van der Waals surface area contributed by atoms with Gasteiger partial charge >= 0.3 is 6.18 Å². The van der Waals surface area contributed by atoms with E-state index in [1.165, 1.54) is 17.4 Å². The molecule has 134 valence electrons. The predicted octanol–water partition coefficient (Wildman–Crippen LogP) is 5.64. The molecule has 1 aromatic carbocycles. The second kappa shape index (κ2) is 7.58. The predicted molar refractivity (Wildman–Crippen MR) is 92.4 cm³/mol. The van der Waals surface area contributed by atoms with Crippen LogP contribution in [-0.2, 0) is 11.0 Å². The van der Waals surface area contributed by atoms with Crippen molar-refractivity contribution in [1.29, 1.82) is 0 Å². The lowest BCUT2D eigenvalue weighted by Gasteiger charge is -2.11. The number of hydrogen-bond acceptors (Lipinski definition) is 3. The van der Waals surface area contributed by atoms with Crippen LogP contribution in [0.25, 0.3) is 0 Å². The van der Waals surface area contributed by atoms with E-state index in [0.29, 0.717) is 5.56 Å². The molecular weight excluding hydrogens is 375 g/mol. The highest BCUT2D eigenvalue weighted by Gasteiger charge is 2.33. The van der Waals surface area contributed by atoms with Gasteiger partial charge in [-0.2, -0.15) is 13.2 Å². The van der Waals surface area contributed by atoms with Gasteiger partial charge in [-0.05, 0) is 38.1 Å². The number of alkyl halides is 3. The molecule has 0 fully saturated rings. The lowest BCUT2D eigenvalue weighted by Crippen LogP contribution is -2.14. The number of rotatable bonds is 5. The molecule has 0 atom stereocenters. The van der Waals surface area contributed by atoms with Gasteiger partial charge in [0.25, 0.3) is 0 Å². The van der Waals surface area contributed by atoms with Gasteiger partial charge < -0.3 is 5.32 Å². The van der Waals surface area contributed by atoms with Crippen molar-refractivity contribution < 1.29 is 22.8 Å². The number of hydrogen-bond donors (Lipinski definition) is 1. The van der Waals surface area contributed by atoms with Crippen LogP contribution in [0.3, 0.4) is 0 Å². The Morgan fingerprint density at radius 2 is 1.84 bits per heavy atom. The first-order valence-corrected chi connectivity index (χ1v) is 8.54. The minimum absolute atomic E-state index is 0.0113. The average molecular weight is 390 g/mol. The van der Waals surface area contributed by atoms with Crippen molar-refractivity contribution in [2.45, 2.75) is 32.9 Å². The zero-order chi connectivity index (χ0) is 18.8. The van der Waals surface area contributed by atoms with E-state index in [0.717, 1.165) is 21.9 Å². The minimum Gasteiger partial charge on any atom is -0.326 e. The lowest BCUT2D eigenvalue weighted by molar-refractivity contribution is -0.137. The fourth-order valence-electron chi connectivity index (χ4n) is 2.31. The van der Waals surface area contributed by atoms with Crippen LogP contribution in [0.15, 0.2) is 24.3 Å². The molecule has 0 saturated heterocycles. The number of ketones is 1. The molecule has 2 rings (SSSR count). The second-order valence-corrected chi connectivity index (χ2v) is 7.36. The number of nitrogens with one attached hydrogen (secondary N) is 1. The van der Waals surface area contributed by atoms with Crippen molar-refractivity contribution in [3.8, 4) is 0 Å². The number of halogens is 4. The molecule has 0 aliphatic carbocycles. The monoisotopic (exact) mass is 389 g/mol. The summed E-state index contributed by atoms with van der Waals surface area (Å²) < 4.78 is 38.4. The third-order valence-electron chi connectivity index (χ3n) is 3.48. The van der Waals surface area contributed by atoms with Crippen LogP contribution in [0.1, 0.15) is 38.5 Å². The van der Waals surface area contributed by atoms with E-state index in [1.54, 1.807) is 6.07 Å². The zero-order valence-electron chi connectivity index (χ0n) is 13.5. The van der Waals surface area contributed by atoms with Crippen LogP contribution < -0.4 is 5.32 Å². The normalized spacial score (nSPS) is 11.4. The van der Waals surface area contributed by atoms with Crippen molar-refractivity contribution >= 4 is 40.3 Å². The van der Waals surface area contributed by atoms with Gasteiger partial charge in [0.2, 0.25) is 5.91 Å². The van der Waals surface area contributed by atoms with E-state index in [2.05, 4.69) is 5.32 Å². The molecule has 0 aliphatic rings. The van der Waals surface area contributed by atoms with E-state index in [4.69, 9.17) is 11.6 Å². The summed E-state index contributed by atoms with van der Waals surface area (Å²) >= 11 is 7.03. The molecule has 1 N–H and O–H groups in total. The first kappa shape index (κ1) is 19.5. The van der Waals surface area contributed by atoms with Crippen molar-refractivity contribution in [1.82, 2.24) is 0 Å². The Bertz CT molecular complexity index is 815. The topological polar surface area (TPSA) is 46.2 Å². The van der Waals surface area contributed by atoms with Crippen LogP contribution >= 0.6 is 22.9 Å². The molecule has 0 saturated carbocycles. The molecule has 0 bridgehead atoms. The molecule has 1 heterocycles. The molecule has 2 aromatic rings. The van der Waals surface area contributed by atoms with Crippen molar-refractivity contribution in [2.24, 2.45) is 0 Å². The Labute approximate surface area is 151 Å². The van der Waals surface area contributed by atoms with Crippen molar-refractivity contribution in [3.05, 3.63) is 50.2 Å². The van der Waals surface area contributed by atoms with Crippen LogP contribution in [0, 0.1) is 13.8 Å². The van der Waals surface area contributed by atoms with E-state index in [9.17, 15) is 22.8 Å². The Morgan fingerprint density at radius 1 is 1.16 bits per heavy atom. The number of carbonyl (C=O) groups excluding carboxylic acids is 2. The molecule has 0 unspecified atom stereocenters. The maximum Gasteiger partial charge on any atom is 0.417 e. The number of anilines is 1. The number of benzene rings is 1. The first-order chi connectivity index (χ1) is 11.6. The summed E-state index contributed by atoms with van der Waals surface area (Å²) in [6.45, 7) is 3.72. The summed E-state index contributed by atoms with van der Waals surface area (Å²) in [6.07, 6.45) is -4.73. The van der Waals surface area contributed by atoms with E-state index < -0.39 is 22.7 Å². The highest BCUT2D eigenvalue weighted by molar-refractivity contribution is 7.12. The van der Waals surface area contributed by atoms with E-state index in [1.807, 2.05) is 13.8 Å². The number of aryl methyl sites for hydroxylation is 2. The molecule has 0 radical (unpaired) electrons. The summed E-state index contributed by atoms with van der Waals surface area (Å²) in [7, 11) is 0. The highest BCUT2D eigenvalue weighted by Crippen LogP contribution is 2.36. The fraction of sp³-hybridized carbons (Fsp3) is 0.294. The summed E-state index contributed by atoms with van der Waals surface area (Å²) in [5.74, 6) is -0.697. The maximum atomic E-state index is 12.8. The Hall–Kier alpha value is -1.86. The standard InChI is InChI=1S/C17H15ClF3NO2S/c1-9-7-12(10(2)25-9)15(23)5-6-16(24)22-11-3-4-14(18)13(8-11)17(19,20)21/h3-4,7-8H,5-6H2,1-2H3,(H,22,24). The SMILES string of the molecule is Cc1cc(C(=O)CCC(=O)Nc2ccc(Cl)c(C(F)(F)F)c2)c(C)s1. The van der Waals surface area contributed by atoms with Gasteiger partial charge in [-0.15, -0.1) is 11.3 Å². The van der Waals surface area contributed by atoms with E-state index in [-0.39, 0.29) is 24.3 Å². The smallest absolute Gasteiger partial charge is 0.326 e. The largest absolute Gasteiger partial charge is 0.417 e. The molecule has 1 amide bonds. The quantitative estimate of drug-likeness (QED) is 0.673. The lowest BCUT2D eigenvalue weighted by atomic mass is 10.1. The molecule has 3 nitrogen and oxygen atoms in total. The number of thiophene rings is 1. The number of carbonyl (C=O) groups is 2. The molecule has 8 heteroatoms. The Kier molecular flexibility index (Phi) is 5.90. The molecular formula is C17H15ClF3NO2S. The molecule has 25 heavy (non-hydrogen) atoms. The average Bonchev–Trinajstić information content (AvgIpc) is 2.84. The molecule has 1 aromatic heterocycles. The first-order valence-electron chi connectivity index (χ1n) is 7.34. The van der Waals surface area contributed by atoms with Crippen LogP contribution in [0.4, 0.5) is 18.9 Å². The van der Waals surface area contributed by atoms with Gasteiger partial charge in [-0.3, -0.25) is 9.59 Å². The van der Waals surface area contributed by atoms with Gasteiger partial charge in [0.05, 0.1) is 10.6 Å². The van der Waals surface area contributed by atoms with E-state index >= 15 is 0 Å². The Balaban J connectivity index is 1.99. The minimum atomic E-state index is -4.61. The number of amides is 1. The second-order valence-electron chi connectivity index (χ2n) is 5.49. The molecule has 0 aliphatic heterocycles. The summed E-state index contributed by atoms with van der Waals surface area (Å²) in [5.41, 5.74) is -0.453. The number of Topliss-reactive ketones (excluding diaryl/α,β-unsaturated/α-hetero) is 1. The third kappa shape index (κ3) is 5.06. The van der Waals surface area contributed by atoms with Gasteiger partial charge in [-0.1, -0.05) is 11.6 Å². The summed E-state index contributed by atoms with van der Waals surface area (Å²) in [4.78, 5) is 25.9. The van der Waals surface area contributed by atoms with Crippen molar-refractivity contribution in [3.63, 3.8) is 0 Å². The van der Waals surface area contributed by atoms with Crippen molar-refractivity contribution in [2.75, 3.05) is 5.32 Å².